The molecule has 0 N–H and O–H groups in total. The Hall–Kier alpha value is -1.30. The summed E-state index contributed by atoms with van der Waals surface area (Å²) in [6, 6.07) is 14.9. The van der Waals surface area contributed by atoms with Crippen molar-refractivity contribution in [2.75, 3.05) is 33.2 Å². The fraction of sp³-hybridized carbons (Fsp3) is 0.294. The van der Waals surface area contributed by atoms with Crippen LogP contribution in [0.1, 0.15) is 0 Å². The minimum absolute atomic E-state index is 0. The average molecular weight is 376 g/mol. The lowest BCUT2D eigenvalue weighted by Crippen LogP contribution is -3.00. The van der Waals surface area contributed by atoms with Gasteiger partial charge in [0.2, 0.25) is 5.36 Å². The van der Waals surface area contributed by atoms with Crippen LogP contribution >= 0.6 is 11.3 Å². The molecule has 1 aromatic rings. The highest BCUT2D eigenvalue weighted by molar-refractivity contribution is 7.21. The Balaban J connectivity index is 0.00000144. The molecule has 0 bridgehead atoms. The number of aromatic nitrogens is 1. The monoisotopic (exact) mass is 375 g/mol. The van der Waals surface area contributed by atoms with Gasteiger partial charge in [-0.1, -0.05) is 18.2 Å². The van der Waals surface area contributed by atoms with E-state index in [1.165, 1.54) is 14.9 Å². The smallest absolute Gasteiger partial charge is 0.227 e. The Morgan fingerprint density at radius 3 is 2.64 bits per heavy atom. The summed E-state index contributed by atoms with van der Waals surface area (Å²) in [6.45, 7) is 4.39. The van der Waals surface area contributed by atoms with E-state index in [1.807, 2.05) is 11.3 Å². The quantitative estimate of drug-likeness (QED) is 0.375. The van der Waals surface area contributed by atoms with E-state index in [2.05, 4.69) is 59.0 Å². The summed E-state index contributed by atoms with van der Waals surface area (Å²) < 4.78 is 3.72. The Morgan fingerprint density at radius 2 is 1.82 bits per heavy atom. The molecule has 1 aliphatic carbocycles. The minimum atomic E-state index is 0. The summed E-state index contributed by atoms with van der Waals surface area (Å²) in [5.74, 6) is 0. The van der Waals surface area contributed by atoms with Gasteiger partial charge >= 0.3 is 0 Å². The van der Waals surface area contributed by atoms with Gasteiger partial charge in [-0.15, -0.1) is 11.3 Å². The zero-order chi connectivity index (χ0) is 14.2. The van der Waals surface area contributed by atoms with E-state index >= 15 is 0 Å². The summed E-state index contributed by atoms with van der Waals surface area (Å²) in [5, 5.41) is 1.28. The van der Waals surface area contributed by atoms with Gasteiger partial charge < -0.3 is 17.0 Å². The van der Waals surface area contributed by atoms with Crippen molar-refractivity contribution in [3.8, 4) is 10.6 Å². The van der Waals surface area contributed by atoms with Crippen LogP contribution in [0, 0.1) is 0 Å². The van der Waals surface area contributed by atoms with E-state index < -0.39 is 0 Å². The summed E-state index contributed by atoms with van der Waals surface area (Å²) in [5.41, 5.74) is 2.24. The maximum absolute atomic E-state index is 4.93. The predicted octanol–water partition coefficient (Wildman–Crippen LogP) is -0.877. The molecule has 4 rings (SSSR count). The van der Waals surface area contributed by atoms with Gasteiger partial charge in [-0.3, -0.25) is 4.90 Å². The topological polar surface area (TPSA) is 19.1 Å². The van der Waals surface area contributed by atoms with Gasteiger partial charge in [0.1, 0.15) is 0 Å². The summed E-state index contributed by atoms with van der Waals surface area (Å²) >= 11 is 1.83. The van der Waals surface area contributed by atoms with Gasteiger partial charge in [0.15, 0.2) is 18.8 Å². The average Bonchev–Trinajstić information content (AvgIpc) is 2.53. The third kappa shape index (κ3) is 2.81. The van der Waals surface area contributed by atoms with Gasteiger partial charge in [0.25, 0.3) is 0 Å². The minimum Gasteiger partial charge on any atom is -1.00 e. The molecule has 22 heavy (non-hydrogen) atoms. The van der Waals surface area contributed by atoms with Crippen LogP contribution in [0.4, 0.5) is 0 Å². The molecule has 0 atom stereocenters. The fourth-order valence-electron chi connectivity index (χ4n) is 2.88. The molecule has 0 unspecified atom stereocenters. The molecule has 0 saturated carbocycles. The van der Waals surface area contributed by atoms with Crippen molar-refractivity contribution in [2.45, 2.75) is 0 Å². The summed E-state index contributed by atoms with van der Waals surface area (Å²) in [4.78, 5) is 8.58. The molecule has 2 aliphatic heterocycles. The molecule has 0 aromatic heterocycles. The van der Waals surface area contributed by atoms with E-state index in [1.54, 1.807) is 0 Å². The first-order valence-electron chi connectivity index (χ1n) is 7.36. The highest BCUT2D eigenvalue weighted by Crippen LogP contribution is 2.27. The number of fused-ring (bicyclic) bond motifs is 2. The van der Waals surface area contributed by atoms with E-state index in [-0.39, 0.29) is 17.0 Å². The van der Waals surface area contributed by atoms with Crippen LogP contribution in [-0.4, -0.2) is 43.1 Å². The molecular formula is C17H18BrN3S. The Bertz CT molecular complexity index is 833. The molecule has 3 aliphatic rings. The van der Waals surface area contributed by atoms with E-state index in [0.29, 0.717) is 0 Å². The van der Waals surface area contributed by atoms with Gasteiger partial charge in [-0.05, 0) is 25.2 Å². The van der Waals surface area contributed by atoms with E-state index in [0.717, 1.165) is 37.4 Å². The third-order valence-corrected chi connectivity index (χ3v) is 5.25. The molecule has 1 aromatic carbocycles. The highest BCUT2D eigenvalue weighted by Gasteiger charge is 2.19. The number of hydrogen-bond acceptors (Lipinski definition) is 3. The molecular weight excluding hydrogens is 358 g/mol. The summed E-state index contributed by atoms with van der Waals surface area (Å²) in [7, 11) is 2.19. The number of nitrogens with zero attached hydrogens (tertiary/aromatic N) is 3. The van der Waals surface area contributed by atoms with Crippen molar-refractivity contribution in [1.82, 2.24) is 14.5 Å². The predicted molar refractivity (Wildman–Crippen MR) is 88.7 cm³/mol. The molecule has 3 nitrogen and oxygen atoms in total. The first-order valence-corrected chi connectivity index (χ1v) is 8.18. The SMILES string of the molecule is CN1CC[N+](=c2cccc3sc4ccccc4nc2-3)CC1.[Br-]. The zero-order valence-electron chi connectivity index (χ0n) is 12.5. The number of rotatable bonds is 0. The van der Waals surface area contributed by atoms with Crippen LogP contribution in [0.5, 0.6) is 0 Å². The first kappa shape index (κ1) is 15.6. The molecule has 114 valence electrons. The molecule has 0 radical (unpaired) electrons. The van der Waals surface area contributed by atoms with Crippen LogP contribution in [0.25, 0.3) is 20.8 Å². The van der Waals surface area contributed by atoms with Gasteiger partial charge in [0, 0.05) is 6.07 Å². The zero-order valence-corrected chi connectivity index (χ0v) is 14.9. The first-order chi connectivity index (χ1) is 10.3. The van der Waals surface area contributed by atoms with Crippen LogP contribution in [0.2, 0.25) is 0 Å². The summed E-state index contributed by atoms with van der Waals surface area (Å²) in [6.07, 6.45) is 0. The molecule has 0 amide bonds. The van der Waals surface area contributed by atoms with Crippen molar-refractivity contribution in [1.29, 1.82) is 0 Å². The molecule has 1 saturated heterocycles. The normalized spacial score (nSPS) is 16.0. The van der Waals surface area contributed by atoms with Gasteiger partial charge in [-0.25, -0.2) is 9.56 Å². The second-order valence-corrected chi connectivity index (χ2v) is 6.68. The van der Waals surface area contributed by atoms with Crippen molar-refractivity contribution in [2.24, 2.45) is 0 Å². The largest absolute Gasteiger partial charge is 1.00 e. The molecule has 1 fully saturated rings. The van der Waals surface area contributed by atoms with Crippen LogP contribution in [0.3, 0.4) is 0 Å². The number of hydrogen-bond donors (Lipinski definition) is 0. The van der Waals surface area contributed by atoms with Crippen molar-refractivity contribution >= 4 is 21.6 Å². The number of likely N-dealkylation sites (N-methyl/N-ethyl adjacent to an activating group) is 1. The number of benzene rings is 2. The maximum Gasteiger partial charge on any atom is 0.227 e. The van der Waals surface area contributed by atoms with Crippen molar-refractivity contribution in [3.05, 3.63) is 47.8 Å². The van der Waals surface area contributed by atoms with Gasteiger partial charge in [-0.2, -0.15) is 0 Å². The number of para-hydroxylation sites is 2. The maximum atomic E-state index is 4.93. The number of halogens is 1. The Morgan fingerprint density at radius 1 is 1.05 bits per heavy atom. The molecule has 5 heteroatoms. The van der Waals surface area contributed by atoms with Crippen LogP contribution in [0.15, 0.2) is 42.5 Å². The van der Waals surface area contributed by atoms with E-state index in [9.17, 15) is 0 Å². The van der Waals surface area contributed by atoms with E-state index in [4.69, 9.17) is 4.98 Å². The highest BCUT2D eigenvalue weighted by atomic mass is 79.9. The van der Waals surface area contributed by atoms with Gasteiger partial charge in [0.05, 0.1) is 28.2 Å². The number of piperazine rings is 1. The lowest BCUT2D eigenvalue weighted by atomic mass is 10.2. The lowest BCUT2D eigenvalue weighted by Gasteiger charge is -2.20. The standard InChI is InChI=1S/C17H18N3S.BrH/c1-19-9-11-20(12-10-19)14-6-4-8-16-17(14)18-13-5-2-3-7-15(13)21-16;/h2-8H,9-12H2,1H3;1H/q+1;/p-1. The third-order valence-electron chi connectivity index (χ3n) is 4.14. The van der Waals surface area contributed by atoms with Crippen molar-refractivity contribution in [3.63, 3.8) is 0 Å². The molecule has 2 heterocycles. The second kappa shape index (κ2) is 6.44. The van der Waals surface area contributed by atoms with Crippen LogP contribution in [-0.2, 0) is 0 Å². The Labute approximate surface area is 144 Å². The lowest BCUT2D eigenvalue weighted by molar-refractivity contribution is -0.00000416. The molecule has 0 spiro atoms. The second-order valence-electron chi connectivity index (χ2n) is 5.60. The van der Waals surface area contributed by atoms with Crippen molar-refractivity contribution < 1.29 is 17.0 Å². The van der Waals surface area contributed by atoms with Crippen LogP contribution < -0.4 is 26.9 Å². The Kier molecular flexibility index (Phi) is 4.57. The fourth-order valence-corrected chi connectivity index (χ4v) is 3.88.